The molecule has 2 rings (SSSR count). The highest BCUT2D eigenvalue weighted by Gasteiger charge is 2.39. The quantitative estimate of drug-likeness (QED) is 0.299. The number of hydrogen-bond donors (Lipinski definition) is 6. The molecule has 2 aromatic rings. The van der Waals surface area contributed by atoms with Gasteiger partial charge in [0.2, 0.25) is 5.95 Å². The summed E-state index contributed by atoms with van der Waals surface area (Å²) in [7, 11) is -5.98. The molecule has 0 fully saturated rings. The number of aromatic nitrogens is 3. The van der Waals surface area contributed by atoms with Crippen molar-refractivity contribution in [3.63, 3.8) is 0 Å². The Kier molecular flexibility index (Phi) is 6.97. The lowest BCUT2D eigenvalue weighted by atomic mass is 10.2. The molecule has 12 nitrogen and oxygen atoms in total. The van der Waals surface area contributed by atoms with E-state index in [9.17, 15) is 14.1 Å². The topological polar surface area (TPSA) is 185 Å². The van der Waals surface area contributed by atoms with E-state index in [0.29, 0.717) is 0 Å². The molecule has 2 aromatic heterocycles. The van der Waals surface area contributed by atoms with E-state index in [-0.39, 0.29) is 36.6 Å². The third kappa shape index (κ3) is 5.61. The molecule has 146 valence electrons. The maximum absolute atomic E-state index is 13.9. The third-order valence-corrected chi connectivity index (χ3v) is 5.08. The number of aromatic amines is 1. The highest BCUT2D eigenvalue weighted by molar-refractivity contribution is 7.62. The van der Waals surface area contributed by atoms with Gasteiger partial charge in [0.25, 0.3) is 5.56 Å². The standard InChI is InChI=1S/C11H17FN4O8P2/c1-22-6(5-23-25(18)24-26(19,20)21)2-3-16-4-7(12)8-9(16)14-11(13)15-10(8)17/h4,6,18-21H,2-3,5H2,1H3,(H2-,13,14,15,17)/p+1. The summed E-state index contributed by atoms with van der Waals surface area (Å²) in [6.45, 7) is -0.0319. The van der Waals surface area contributed by atoms with Crippen molar-refractivity contribution in [3.05, 3.63) is 22.4 Å². The summed E-state index contributed by atoms with van der Waals surface area (Å²) in [5.41, 5.74) is 4.85. The van der Waals surface area contributed by atoms with Crippen LogP contribution in [0, 0.1) is 5.82 Å². The van der Waals surface area contributed by atoms with Crippen molar-refractivity contribution in [1.29, 1.82) is 0 Å². The van der Waals surface area contributed by atoms with Gasteiger partial charge in [0.05, 0.1) is 12.7 Å². The highest BCUT2D eigenvalue weighted by Crippen LogP contribution is 2.57. The molecule has 2 atom stereocenters. The SMILES string of the molecule is COC(CCn1cc(F)c2c(=O)[nH]c(N)nc21)COP(O)O[P+](O)(O)O. The van der Waals surface area contributed by atoms with Gasteiger partial charge in [0, 0.05) is 19.9 Å². The summed E-state index contributed by atoms with van der Waals surface area (Å²) in [6.07, 6.45) is 0.762. The number of nitrogens with one attached hydrogen (secondary N) is 1. The van der Waals surface area contributed by atoms with Gasteiger partial charge in [-0.05, 0) is 6.42 Å². The molecular formula is C11H18FN4O8P2+. The Morgan fingerprint density at radius 3 is 2.81 bits per heavy atom. The maximum atomic E-state index is 13.9. The van der Waals surface area contributed by atoms with E-state index in [1.165, 1.54) is 11.7 Å². The Hall–Kier alpha value is -1.27. The van der Waals surface area contributed by atoms with Gasteiger partial charge in [0.15, 0.2) is 11.5 Å². The molecule has 7 N–H and O–H groups in total. The van der Waals surface area contributed by atoms with Crippen LogP contribution in [0.15, 0.2) is 11.0 Å². The molecule has 0 aliphatic carbocycles. The van der Waals surface area contributed by atoms with Crippen molar-refractivity contribution in [2.24, 2.45) is 0 Å². The molecule has 2 unspecified atom stereocenters. The number of hydrogen-bond acceptors (Lipinski definition) is 10. The van der Waals surface area contributed by atoms with Crippen molar-refractivity contribution in [2.75, 3.05) is 19.5 Å². The van der Waals surface area contributed by atoms with Gasteiger partial charge >= 0.3 is 16.8 Å². The minimum Gasteiger partial charge on any atom is -0.379 e. The van der Waals surface area contributed by atoms with Gasteiger partial charge < -0.3 is 24.5 Å². The molecule has 0 aromatic carbocycles. The van der Waals surface area contributed by atoms with Crippen LogP contribution in [0.2, 0.25) is 0 Å². The second-order valence-electron chi connectivity index (χ2n) is 5.10. The number of anilines is 1. The third-order valence-electron chi connectivity index (χ3n) is 3.27. The van der Waals surface area contributed by atoms with Crippen LogP contribution in [0.3, 0.4) is 0 Å². The van der Waals surface area contributed by atoms with E-state index in [4.69, 9.17) is 29.7 Å². The zero-order valence-corrected chi connectivity index (χ0v) is 15.2. The van der Waals surface area contributed by atoms with Crippen molar-refractivity contribution < 1.29 is 37.5 Å². The fourth-order valence-corrected chi connectivity index (χ4v) is 3.38. The molecule has 26 heavy (non-hydrogen) atoms. The largest absolute Gasteiger partial charge is 0.575 e. The maximum Gasteiger partial charge on any atom is 0.575 e. The van der Waals surface area contributed by atoms with Gasteiger partial charge in [0.1, 0.15) is 5.39 Å². The number of aryl methyl sites for hydroxylation is 1. The number of methoxy groups -OCH3 is 1. The number of H-pyrrole nitrogens is 1. The van der Waals surface area contributed by atoms with Crippen LogP contribution in [0.1, 0.15) is 6.42 Å². The number of rotatable bonds is 9. The van der Waals surface area contributed by atoms with Gasteiger partial charge in [-0.2, -0.15) is 19.7 Å². The van der Waals surface area contributed by atoms with Crippen LogP contribution in [-0.4, -0.2) is 53.9 Å². The predicted octanol–water partition coefficient (Wildman–Crippen LogP) is -0.242. The molecule has 0 saturated carbocycles. The number of halogens is 1. The lowest BCUT2D eigenvalue weighted by Crippen LogP contribution is -2.20. The molecule has 0 spiro atoms. The van der Waals surface area contributed by atoms with Crippen molar-refractivity contribution in [1.82, 2.24) is 14.5 Å². The fourth-order valence-electron chi connectivity index (χ4n) is 2.15. The molecular weight excluding hydrogens is 397 g/mol. The normalized spacial score (nSPS) is 14.7. The number of ether oxygens (including phenoxy) is 1. The van der Waals surface area contributed by atoms with E-state index >= 15 is 0 Å². The first-order valence-electron chi connectivity index (χ1n) is 7.06. The van der Waals surface area contributed by atoms with Crippen LogP contribution >= 0.6 is 16.8 Å². The van der Waals surface area contributed by atoms with Crippen LogP contribution in [-0.2, 0) is 20.1 Å². The molecule has 2 heterocycles. The van der Waals surface area contributed by atoms with Crippen molar-refractivity contribution in [2.45, 2.75) is 19.1 Å². The number of fused-ring (bicyclic) bond motifs is 1. The smallest absolute Gasteiger partial charge is 0.379 e. The predicted molar refractivity (Wildman–Crippen MR) is 89.9 cm³/mol. The van der Waals surface area contributed by atoms with Crippen molar-refractivity contribution in [3.8, 4) is 0 Å². The zero-order valence-electron chi connectivity index (χ0n) is 13.4. The van der Waals surface area contributed by atoms with Crippen molar-refractivity contribution >= 4 is 33.8 Å². The molecule has 15 heteroatoms. The first kappa shape index (κ1) is 21.0. The molecule has 0 aliphatic heterocycles. The molecule has 0 saturated heterocycles. The van der Waals surface area contributed by atoms with Gasteiger partial charge in [-0.3, -0.25) is 9.78 Å². The van der Waals surface area contributed by atoms with E-state index in [0.717, 1.165) is 6.20 Å². The summed E-state index contributed by atoms with van der Waals surface area (Å²) in [4.78, 5) is 53.2. The molecule has 0 aliphatic rings. The van der Waals surface area contributed by atoms with E-state index in [2.05, 4.69) is 14.3 Å². The summed E-state index contributed by atoms with van der Waals surface area (Å²) >= 11 is 0. The number of nitrogen functional groups attached to an aromatic ring is 1. The molecule has 0 radical (unpaired) electrons. The Morgan fingerprint density at radius 2 is 2.19 bits per heavy atom. The first-order chi connectivity index (χ1) is 12.1. The number of nitrogens with zero attached hydrogens (tertiary/aromatic N) is 2. The summed E-state index contributed by atoms with van der Waals surface area (Å²) in [6, 6.07) is 0. The Balaban J connectivity index is 2.00. The van der Waals surface area contributed by atoms with Crippen LogP contribution in [0.25, 0.3) is 11.0 Å². The van der Waals surface area contributed by atoms with Crippen LogP contribution in [0.5, 0.6) is 0 Å². The average molecular weight is 415 g/mol. The minimum atomic E-state index is -4.62. The molecule has 0 bridgehead atoms. The summed E-state index contributed by atoms with van der Waals surface area (Å²) in [5.74, 6) is -0.902. The monoisotopic (exact) mass is 415 g/mol. The van der Waals surface area contributed by atoms with E-state index in [1.54, 1.807) is 0 Å². The lowest BCUT2D eigenvalue weighted by molar-refractivity contribution is 0.0440. The first-order valence-corrected chi connectivity index (χ1v) is 9.76. The second kappa shape index (κ2) is 8.61. The fraction of sp³-hybridized carbons (Fsp3) is 0.455. The minimum absolute atomic E-state index is 0.0719. The summed E-state index contributed by atoms with van der Waals surface area (Å²) in [5, 5.41) is -0.217. The Bertz CT molecular complexity index is 810. The van der Waals surface area contributed by atoms with Crippen LogP contribution in [0.4, 0.5) is 10.3 Å². The Labute approximate surface area is 147 Å². The highest BCUT2D eigenvalue weighted by atomic mass is 31.3. The van der Waals surface area contributed by atoms with E-state index < -0.39 is 34.3 Å². The second-order valence-corrected chi connectivity index (χ2v) is 7.51. The summed E-state index contributed by atoms with van der Waals surface area (Å²) < 4.78 is 29.4. The van der Waals surface area contributed by atoms with Gasteiger partial charge in [-0.25, -0.2) is 4.39 Å². The zero-order chi connectivity index (χ0) is 19.5. The Morgan fingerprint density at radius 1 is 1.50 bits per heavy atom. The lowest BCUT2D eigenvalue weighted by Gasteiger charge is -2.17. The number of nitrogens with two attached hydrogens (primary N) is 1. The molecule has 0 amide bonds. The van der Waals surface area contributed by atoms with Gasteiger partial charge in [-0.15, -0.1) is 0 Å². The van der Waals surface area contributed by atoms with Crippen LogP contribution < -0.4 is 11.3 Å². The van der Waals surface area contributed by atoms with E-state index in [1.807, 2.05) is 0 Å². The average Bonchev–Trinajstić information content (AvgIpc) is 2.81. The van der Waals surface area contributed by atoms with Gasteiger partial charge in [-0.1, -0.05) is 4.31 Å².